The maximum atomic E-state index is 13.4. The van der Waals surface area contributed by atoms with E-state index in [1.165, 1.54) is 12.1 Å². The second-order valence-corrected chi connectivity index (χ2v) is 12.7. The molecule has 0 unspecified atom stereocenters. The van der Waals surface area contributed by atoms with Gasteiger partial charge in [-0.05, 0) is 82.6 Å². The van der Waals surface area contributed by atoms with Crippen LogP contribution in [-0.4, -0.2) is 37.8 Å². The molecule has 0 aliphatic heterocycles. The molecule has 0 radical (unpaired) electrons. The van der Waals surface area contributed by atoms with Crippen molar-refractivity contribution in [3.8, 4) is 11.6 Å². The first-order valence-corrected chi connectivity index (χ1v) is 14.5. The quantitative estimate of drug-likeness (QED) is 0.202. The van der Waals surface area contributed by atoms with Gasteiger partial charge in [-0.15, -0.1) is 0 Å². The summed E-state index contributed by atoms with van der Waals surface area (Å²) in [4.78, 5) is 22.7. The summed E-state index contributed by atoms with van der Waals surface area (Å²) >= 11 is 0. The van der Waals surface area contributed by atoms with Crippen molar-refractivity contribution >= 4 is 17.2 Å². The average Bonchev–Trinajstić information content (AvgIpc) is 3.55. The number of aromatic nitrogens is 4. The third-order valence-electron chi connectivity index (χ3n) is 7.40. The highest BCUT2D eigenvalue weighted by Gasteiger charge is 2.36. The molecule has 1 atom stereocenters. The zero-order chi connectivity index (χ0) is 30.2. The zero-order valence-corrected chi connectivity index (χ0v) is 25.5. The number of esters is 1. The summed E-state index contributed by atoms with van der Waals surface area (Å²) in [6.07, 6.45) is 6.10. The van der Waals surface area contributed by atoms with Crippen LogP contribution in [0.2, 0.25) is 0 Å². The van der Waals surface area contributed by atoms with Gasteiger partial charge in [0.2, 0.25) is 5.89 Å². The lowest BCUT2D eigenvalue weighted by atomic mass is 9.77. The van der Waals surface area contributed by atoms with E-state index < -0.39 is 17.7 Å². The molecule has 0 amide bonds. The molecule has 0 N–H and O–H groups in total. The molecule has 5 rings (SSSR count). The Kier molecular flexibility index (Phi) is 8.07. The second kappa shape index (κ2) is 11.4. The van der Waals surface area contributed by atoms with E-state index in [1.54, 1.807) is 29.8 Å². The van der Waals surface area contributed by atoms with Gasteiger partial charge in [0.05, 0.1) is 24.1 Å². The Hall–Kier alpha value is -3.85. The van der Waals surface area contributed by atoms with Crippen LogP contribution in [0, 0.1) is 18.2 Å². The molecule has 3 aromatic heterocycles. The molecule has 0 saturated heterocycles. The molecule has 222 valence electrons. The first-order valence-electron chi connectivity index (χ1n) is 14.5. The molecule has 9 heteroatoms. The Bertz CT molecular complexity index is 1630. The van der Waals surface area contributed by atoms with Gasteiger partial charge in [0, 0.05) is 23.7 Å². The molecule has 0 spiro atoms. The molecule has 1 aromatic carbocycles. The van der Waals surface area contributed by atoms with Crippen molar-refractivity contribution in [1.82, 2.24) is 19.6 Å². The minimum Gasteiger partial charge on any atom is -0.464 e. The lowest BCUT2D eigenvalue weighted by molar-refractivity contribution is -0.167. The van der Waals surface area contributed by atoms with Crippen molar-refractivity contribution in [2.45, 2.75) is 85.9 Å². The van der Waals surface area contributed by atoms with Gasteiger partial charge in [0.25, 0.3) is 0 Å². The van der Waals surface area contributed by atoms with Crippen LogP contribution < -0.4 is 0 Å². The van der Waals surface area contributed by atoms with Crippen LogP contribution in [-0.2, 0) is 20.7 Å². The smallest absolute Gasteiger partial charge is 0.340 e. The molecular formula is C33H39FN4O4. The summed E-state index contributed by atoms with van der Waals surface area (Å²) in [7, 11) is 0. The van der Waals surface area contributed by atoms with E-state index in [0.29, 0.717) is 40.7 Å². The van der Waals surface area contributed by atoms with Crippen LogP contribution in [0.4, 0.5) is 4.39 Å². The molecule has 0 saturated carbocycles. The van der Waals surface area contributed by atoms with Crippen LogP contribution in [0.3, 0.4) is 0 Å². The van der Waals surface area contributed by atoms with Gasteiger partial charge >= 0.3 is 5.97 Å². The maximum Gasteiger partial charge on any atom is 0.340 e. The number of hydrogen-bond acceptors (Lipinski definition) is 7. The summed E-state index contributed by atoms with van der Waals surface area (Å²) in [6.45, 7) is 14.2. The van der Waals surface area contributed by atoms with E-state index in [0.717, 1.165) is 36.1 Å². The fraction of sp³-hybridized carbons (Fsp3) is 0.455. The van der Waals surface area contributed by atoms with Crippen molar-refractivity contribution in [3.05, 3.63) is 76.7 Å². The van der Waals surface area contributed by atoms with Gasteiger partial charge < -0.3 is 13.9 Å². The Labute approximate surface area is 246 Å². The number of hydrogen-bond donors (Lipinski definition) is 0. The van der Waals surface area contributed by atoms with E-state index in [9.17, 15) is 9.18 Å². The number of allylic oxidation sites excluding steroid dienone is 2. The van der Waals surface area contributed by atoms with Gasteiger partial charge in [-0.3, -0.25) is 0 Å². The summed E-state index contributed by atoms with van der Waals surface area (Å²) < 4.78 is 33.0. The SMILES string of the molecule is CCOC(=O)[C@@H](OC(C)(C)C)c1c(C)nc2cc(-c3ncc(Cc4ccc(F)cc4)o3)nn2c1C1=CCC(C)(C)CC1. The number of aryl methyl sites for hydroxylation is 1. The highest BCUT2D eigenvalue weighted by molar-refractivity contribution is 5.81. The highest BCUT2D eigenvalue weighted by atomic mass is 19.1. The van der Waals surface area contributed by atoms with Crippen molar-refractivity contribution in [2.75, 3.05) is 6.61 Å². The van der Waals surface area contributed by atoms with Crippen LogP contribution in [0.25, 0.3) is 22.8 Å². The van der Waals surface area contributed by atoms with E-state index >= 15 is 0 Å². The molecular weight excluding hydrogens is 535 g/mol. The minimum atomic E-state index is -0.982. The number of halogens is 1. The Morgan fingerprint density at radius 2 is 1.95 bits per heavy atom. The van der Waals surface area contributed by atoms with Gasteiger partial charge in [-0.2, -0.15) is 5.10 Å². The van der Waals surface area contributed by atoms with Crippen LogP contribution in [0.15, 0.2) is 47.0 Å². The lowest BCUT2D eigenvalue weighted by Crippen LogP contribution is -2.31. The van der Waals surface area contributed by atoms with Gasteiger partial charge in [0.15, 0.2) is 17.4 Å². The van der Waals surface area contributed by atoms with Gasteiger partial charge in [0.1, 0.15) is 11.6 Å². The Morgan fingerprint density at radius 3 is 2.60 bits per heavy atom. The van der Waals surface area contributed by atoms with E-state index in [1.807, 2.05) is 33.8 Å². The summed E-state index contributed by atoms with van der Waals surface area (Å²) in [6, 6.07) is 8.14. The van der Waals surface area contributed by atoms with Crippen LogP contribution in [0.5, 0.6) is 0 Å². The first-order chi connectivity index (χ1) is 19.8. The number of ether oxygens (including phenoxy) is 2. The minimum absolute atomic E-state index is 0.182. The number of benzene rings is 1. The third kappa shape index (κ3) is 6.46. The van der Waals surface area contributed by atoms with Crippen molar-refractivity contribution in [3.63, 3.8) is 0 Å². The third-order valence-corrected chi connectivity index (χ3v) is 7.40. The maximum absolute atomic E-state index is 13.4. The second-order valence-electron chi connectivity index (χ2n) is 12.7. The first kappa shape index (κ1) is 29.6. The summed E-state index contributed by atoms with van der Waals surface area (Å²) in [5.41, 5.74) is 4.81. The molecule has 0 fully saturated rings. The van der Waals surface area contributed by atoms with Crippen LogP contribution in [0.1, 0.15) is 95.2 Å². The largest absolute Gasteiger partial charge is 0.464 e. The standard InChI is InChI=1S/C33H39FN4O4/c1-8-40-31(39)29(42-32(3,4)5)27-20(2)36-26-18-25(37-38(26)28(27)22-13-15-33(6,7)16-14-22)30-35-19-24(41-30)17-21-9-11-23(34)12-10-21/h9-13,18-19,29H,8,14-17H2,1-7H3/t29-/m0/s1. The molecule has 4 aromatic rings. The predicted octanol–water partition coefficient (Wildman–Crippen LogP) is 7.44. The Morgan fingerprint density at radius 1 is 1.21 bits per heavy atom. The van der Waals surface area contributed by atoms with E-state index in [4.69, 9.17) is 24.0 Å². The number of oxazole rings is 1. The fourth-order valence-electron chi connectivity index (χ4n) is 5.26. The molecule has 42 heavy (non-hydrogen) atoms. The molecule has 3 heterocycles. The molecule has 1 aliphatic rings. The topological polar surface area (TPSA) is 91.8 Å². The monoisotopic (exact) mass is 574 g/mol. The number of rotatable bonds is 8. The fourth-order valence-corrected chi connectivity index (χ4v) is 5.26. The van der Waals surface area contributed by atoms with Crippen molar-refractivity contribution in [2.24, 2.45) is 5.41 Å². The van der Waals surface area contributed by atoms with Gasteiger partial charge in [-0.25, -0.2) is 23.7 Å². The Balaban J connectivity index is 1.63. The van der Waals surface area contributed by atoms with Crippen LogP contribution >= 0.6 is 0 Å². The van der Waals surface area contributed by atoms with E-state index in [2.05, 4.69) is 24.9 Å². The predicted molar refractivity (Wildman–Crippen MR) is 158 cm³/mol. The van der Waals surface area contributed by atoms with Gasteiger partial charge in [-0.1, -0.05) is 32.1 Å². The molecule has 8 nitrogen and oxygen atoms in total. The molecule has 0 bridgehead atoms. The normalized spacial score (nSPS) is 16.0. The number of carbonyl (C=O) groups is 1. The highest BCUT2D eigenvalue weighted by Crippen LogP contribution is 2.42. The lowest BCUT2D eigenvalue weighted by Gasteiger charge is -2.32. The zero-order valence-electron chi connectivity index (χ0n) is 25.5. The number of fused-ring (bicyclic) bond motifs is 1. The van der Waals surface area contributed by atoms with Crippen molar-refractivity contribution < 1.29 is 23.1 Å². The summed E-state index contributed by atoms with van der Waals surface area (Å²) in [5.74, 6) is 0.251. The van der Waals surface area contributed by atoms with E-state index in [-0.39, 0.29) is 17.8 Å². The average molecular weight is 575 g/mol. The number of nitrogens with zero attached hydrogens (tertiary/aromatic N) is 4. The summed E-state index contributed by atoms with van der Waals surface area (Å²) in [5, 5.41) is 4.91. The number of carbonyl (C=O) groups excluding carboxylic acids is 1. The van der Waals surface area contributed by atoms with Crippen molar-refractivity contribution in [1.29, 1.82) is 0 Å². The molecule has 1 aliphatic carbocycles.